The molecule has 19 heavy (non-hydrogen) atoms. The Morgan fingerprint density at radius 2 is 1.58 bits per heavy atom. The van der Waals surface area contributed by atoms with Crippen molar-refractivity contribution in [3.63, 3.8) is 0 Å². The molecule has 0 unspecified atom stereocenters. The summed E-state index contributed by atoms with van der Waals surface area (Å²) in [6.07, 6.45) is 2.24. The van der Waals surface area contributed by atoms with Crippen LogP contribution in [-0.2, 0) is 6.42 Å². The van der Waals surface area contributed by atoms with Gasteiger partial charge in [0, 0.05) is 25.0 Å². The van der Waals surface area contributed by atoms with Gasteiger partial charge in [0.25, 0.3) is 0 Å². The maximum atomic E-state index is 5.68. The molecule has 0 saturated carbocycles. The number of hydrogen-bond donors (Lipinski definition) is 1. The maximum absolute atomic E-state index is 5.68. The second-order valence-corrected chi connectivity index (χ2v) is 5.10. The van der Waals surface area contributed by atoms with E-state index < -0.39 is 0 Å². The average molecular weight is 254 g/mol. The first-order valence-electron chi connectivity index (χ1n) is 6.77. The summed E-state index contributed by atoms with van der Waals surface area (Å²) in [6.45, 7) is 3.18. The molecule has 2 aromatic rings. The van der Waals surface area contributed by atoms with E-state index in [-0.39, 0.29) is 0 Å². The van der Waals surface area contributed by atoms with Crippen LogP contribution in [0.25, 0.3) is 0 Å². The Bertz CT molecular complexity index is 500. The van der Waals surface area contributed by atoms with Gasteiger partial charge in [-0.05, 0) is 49.6 Å². The van der Waals surface area contributed by atoms with E-state index in [1.807, 2.05) is 12.1 Å². The van der Waals surface area contributed by atoms with Crippen LogP contribution in [-0.4, -0.2) is 13.6 Å². The molecule has 0 aliphatic carbocycles. The normalized spacial score (nSPS) is 10.4. The lowest BCUT2D eigenvalue weighted by molar-refractivity contribution is 0.786. The Labute approximate surface area is 115 Å². The third-order valence-corrected chi connectivity index (χ3v) is 3.41. The van der Waals surface area contributed by atoms with Crippen LogP contribution in [0.15, 0.2) is 48.5 Å². The molecule has 100 valence electrons. The first-order chi connectivity index (χ1) is 9.15. The Kier molecular flexibility index (Phi) is 4.45. The molecule has 0 saturated heterocycles. The standard InChI is InChI=1S/C17H22N2/c1-14-5-11-17(12-6-14)19(2)13-3-4-15-7-9-16(18)10-8-15/h5-12H,3-4,13,18H2,1-2H3. The first-order valence-corrected chi connectivity index (χ1v) is 6.77. The zero-order valence-electron chi connectivity index (χ0n) is 11.8. The molecule has 0 heterocycles. The molecule has 2 nitrogen and oxygen atoms in total. The van der Waals surface area contributed by atoms with Crippen molar-refractivity contribution in [2.24, 2.45) is 0 Å². The number of nitrogens with two attached hydrogens (primary N) is 1. The minimum absolute atomic E-state index is 0.834. The molecule has 2 N–H and O–H groups in total. The third kappa shape index (κ3) is 4.02. The largest absolute Gasteiger partial charge is 0.399 e. The predicted octanol–water partition coefficient (Wildman–Crippen LogP) is 3.65. The predicted molar refractivity (Wildman–Crippen MR) is 83.6 cm³/mol. The molecule has 0 bridgehead atoms. The van der Waals surface area contributed by atoms with E-state index in [2.05, 4.69) is 55.3 Å². The maximum Gasteiger partial charge on any atom is 0.0363 e. The van der Waals surface area contributed by atoms with Crippen molar-refractivity contribution < 1.29 is 0 Å². The summed E-state index contributed by atoms with van der Waals surface area (Å²) in [5.41, 5.74) is 10.5. The van der Waals surface area contributed by atoms with E-state index >= 15 is 0 Å². The Balaban J connectivity index is 1.82. The Morgan fingerprint density at radius 1 is 0.947 bits per heavy atom. The van der Waals surface area contributed by atoms with Crippen LogP contribution < -0.4 is 10.6 Å². The molecule has 2 heteroatoms. The van der Waals surface area contributed by atoms with E-state index in [0.717, 1.165) is 25.1 Å². The molecule has 0 atom stereocenters. The number of benzene rings is 2. The number of rotatable bonds is 5. The van der Waals surface area contributed by atoms with Gasteiger partial charge in [0.05, 0.1) is 0 Å². The molecule has 0 aliphatic heterocycles. The number of nitrogens with zero attached hydrogens (tertiary/aromatic N) is 1. The van der Waals surface area contributed by atoms with E-state index in [0.29, 0.717) is 0 Å². The summed E-state index contributed by atoms with van der Waals surface area (Å²) in [5, 5.41) is 0. The monoisotopic (exact) mass is 254 g/mol. The lowest BCUT2D eigenvalue weighted by atomic mass is 10.1. The van der Waals surface area contributed by atoms with Gasteiger partial charge in [-0.25, -0.2) is 0 Å². The van der Waals surface area contributed by atoms with Crippen LogP contribution >= 0.6 is 0 Å². The SMILES string of the molecule is Cc1ccc(N(C)CCCc2ccc(N)cc2)cc1. The molecule has 0 aromatic heterocycles. The molecule has 0 spiro atoms. The van der Waals surface area contributed by atoms with Crippen molar-refractivity contribution in [2.75, 3.05) is 24.2 Å². The van der Waals surface area contributed by atoms with E-state index in [9.17, 15) is 0 Å². The summed E-state index contributed by atoms with van der Waals surface area (Å²) < 4.78 is 0. The average Bonchev–Trinajstić information content (AvgIpc) is 2.41. The summed E-state index contributed by atoms with van der Waals surface area (Å²) >= 11 is 0. The summed E-state index contributed by atoms with van der Waals surface area (Å²) in [7, 11) is 2.15. The quantitative estimate of drug-likeness (QED) is 0.825. The Hall–Kier alpha value is -1.96. The molecular weight excluding hydrogens is 232 g/mol. The zero-order chi connectivity index (χ0) is 13.7. The van der Waals surface area contributed by atoms with Crippen LogP contribution in [0.5, 0.6) is 0 Å². The highest BCUT2D eigenvalue weighted by molar-refractivity contribution is 5.46. The highest BCUT2D eigenvalue weighted by atomic mass is 15.1. The molecule has 0 amide bonds. The number of hydrogen-bond acceptors (Lipinski definition) is 2. The van der Waals surface area contributed by atoms with Gasteiger partial charge in [-0.15, -0.1) is 0 Å². The van der Waals surface area contributed by atoms with Crippen molar-refractivity contribution >= 4 is 11.4 Å². The fourth-order valence-electron chi connectivity index (χ4n) is 2.13. The van der Waals surface area contributed by atoms with Gasteiger partial charge in [0.1, 0.15) is 0 Å². The van der Waals surface area contributed by atoms with E-state index in [1.165, 1.54) is 16.8 Å². The van der Waals surface area contributed by atoms with Gasteiger partial charge in [-0.3, -0.25) is 0 Å². The minimum Gasteiger partial charge on any atom is -0.399 e. The lowest BCUT2D eigenvalue weighted by Gasteiger charge is -2.19. The van der Waals surface area contributed by atoms with Crippen LogP contribution in [0.1, 0.15) is 17.5 Å². The van der Waals surface area contributed by atoms with Gasteiger partial charge in [-0.1, -0.05) is 29.8 Å². The van der Waals surface area contributed by atoms with Crippen molar-refractivity contribution in [1.29, 1.82) is 0 Å². The van der Waals surface area contributed by atoms with Gasteiger partial charge < -0.3 is 10.6 Å². The number of nitrogen functional groups attached to an aromatic ring is 1. The highest BCUT2D eigenvalue weighted by Gasteiger charge is 2.00. The van der Waals surface area contributed by atoms with E-state index in [1.54, 1.807) is 0 Å². The number of aryl methyl sites for hydroxylation is 2. The van der Waals surface area contributed by atoms with Crippen LogP contribution in [0.4, 0.5) is 11.4 Å². The third-order valence-electron chi connectivity index (χ3n) is 3.41. The molecule has 0 fully saturated rings. The summed E-state index contributed by atoms with van der Waals surface area (Å²) in [5.74, 6) is 0. The summed E-state index contributed by atoms with van der Waals surface area (Å²) in [6, 6.07) is 16.8. The van der Waals surface area contributed by atoms with Crippen molar-refractivity contribution in [2.45, 2.75) is 19.8 Å². The molecule has 0 radical (unpaired) electrons. The molecule has 2 aromatic carbocycles. The van der Waals surface area contributed by atoms with Crippen molar-refractivity contribution in [3.05, 3.63) is 59.7 Å². The van der Waals surface area contributed by atoms with Gasteiger partial charge in [-0.2, -0.15) is 0 Å². The number of anilines is 2. The fraction of sp³-hybridized carbons (Fsp3) is 0.294. The molecular formula is C17H22N2. The van der Waals surface area contributed by atoms with Gasteiger partial charge in [0.15, 0.2) is 0 Å². The Morgan fingerprint density at radius 3 is 2.21 bits per heavy atom. The first kappa shape index (κ1) is 13.5. The van der Waals surface area contributed by atoms with Crippen molar-refractivity contribution in [1.82, 2.24) is 0 Å². The van der Waals surface area contributed by atoms with Crippen molar-refractivity contribution in [3.8, 4) is 0 Å². The lowest BCUT2D eigenvalue weighted by Crippen LogP contribution is -2.18. The minimum atomic E-state index is 0.834. The topological polar surface area (TPSA) is 29.3 Å². The van der Waals surface area contributed by atoms with Crippen LogP contribution in [0, 0.1) is 6.92 Å². The molecule has 0 aliphatic rings. The second-order valence-electron chi connectivity index (χ2n) is 5.10. The van der Waals surface area contributed by atoms with Gasteiger partial charge in [0.2, 0.25) is 0 Å². The van der Waals surface area contributed by atoms with Crippen LogP contribution in [0.3, 0.4) is 0 Å². The van der Waals surface area contributed by atoms with Gasteiger partial charge >= 0.3 is 0 Å². The summed E-state index contributed by atoms with van der Waals surface area (Å²) in [4.78, 5) is 2.30. The smallest absolute Gasteiger partial charge is 0.0363 e. The molecule has 2 rings (SSSR count). The second kappa shape index (κ2) is 6.28. The zero-order valence-corrected chi connectivity index (χ0v) is 11.8. The highest BCUT2D eigenvalue weighted by Crippen LogP contribution is 2.14. The van der Waals surface area contributed by atoms with Crippen LogP contribution in [0.2, 0.25) is 0 Å². The van der Waals surface area contributed by atoms with E-state index in [4.69, 9.17) is 5.73 Å². The fourth-order valence-corrected chi connectivity index (χ4v) is 2.13.